The molecule has 6 aromatic rings. The van der Waals surface area contributed by atoms with E-state index in [1.165, 1.54) is 0 Å². The molecule has 6 fully saturated rings. The molecule has 3 saturated heterocycles. The first-order chi connectivity index (χ1) is 40.5. The molecule has 0 spiro atoms. The summed E-state index contributed by atoms with van der Waals surface area (Å²) in [5.74, 6) is -1.38. The van der Waals surface area contributed by atoms with Crippen LogP contribution in [-0.2, 0) is 85.5 Å². The Morgan fingerprint density at radius 2 is 0.824 bits per heavy atom. The Morgan fingerprint density at radius 1 is 0.365 bits per heavy atom. The van der Waals surface area contributed by atoms with Crippen molar-refractivity contribution in [1.29, 1.82) is 0 Å². The molecule has 3 aliphatic carbocycles. The lowest BCUT2D eigenvalue weighted by Gasteiger charge is -2.07. The number of Topliss-reactive ketones (excluding diaryl/α,β-unsaturated/α-hetero) is 9. The molecule has 3 aliphatic heterocycles. The molecule has 0 radical (unpaired) electrons. The van der Waals surface area contributed by atoms with Gasteiger partial charge in [0.1, 0.15) is 57.7 Å². The van der Waals surface area contributed by atoms with E-state index in [2.05, 4.69) is 0 Å². The molecule has 0 N–H and O–H groups in total. The summed E-state index contributed by atoms with van der Waals surface area (Å²) >= 11 is 0. The van der Waals surface area contributed by atoms with Gasteiger partial charge in [-0.3, -0.25) is 43.2 Å². The molecule has 0 amide bonds. The average Bonchev–Trinajstić information content (AvgIpc) is 3.14. The van der Waals surface area contributed by atoms with Crippen LogP contribution in [0.25, 0.3) is 12.2 Å². The topological polar surface area (TPSA) is 256 Å². The number of hydrogen-bond acceptors (Lipinski definition) is 15. The van der Waals surface area contributed by atoms with Crippen LogP contribution in [0.4, 0.5) is 0 Å². The highest BCUT2D eigenvalue weighted by Crippen LogP contribution is 2.33. The Morgan fingerprint density at radius 3 is 1.25 bits per heavy atom. The summed E-state index contributed by atoms with van der Waals surface area (Å²) in [4.78, 5) is 100. The lowest BCUT2D eigenvalue weighted by atomic mass is 9.97. The molecule has 18 heteroatoms. The second kappa shape index (κ2) is 30.0. The molecule has 6 aliphatic rings. The molecule has 3 saturated carbocycles. The van der Waals surface area contributed by atoms with Gasteiger partial charge < -0.3 is 0 Å². The zero-order chi connectivity index (χ0) is 61.2. The summed E-state index contributed by atoms with van der Waals surface area (Å²) in [6.45, 7) is 0. The fraction of sp³-hybridized carbons (Fsp3) is 0.269. The molecule has 440 valence electrons. The summed E-state index contributed by atoms with van der Waals surface area (Å²) in [5, 5.41) is -1.12. The molecule has 0 bridgehead atoms. The minimum Gasteiger partial charge on any atom is -0.299 e. The van der Waals surface area contributed by atoms with Gasteiger partial charge in [-0.2, -0.15) is 0 Å². The molecule has 12 rings (SSSR count). The van der Waals surface area contributed by atoms with E-state index in [1.54, 1.807) is 36.4 Å². The summed E-state index contributed by atoms with van der Waals surface area (Å²) in [6, 6.07) is 56.4. The van der Waals surface area contributed by atoms with Gasteiger partial charge in [-0.25, -0.2) is 25.3 Å². The number of carbonyl (C=O) groups is 9. The molecule has 3 heterocycles. The fourth-order valence-electron chi connectivity index (χ4n) is 10.3. The summed E-state index contributed by atoms with van der Waals surface area (Å²) in [6.07, 6.45) is 6.37. The smallest absolute Gasteiger partial charge is 0.182 e. The van der Waals surface area contributed by atoms with Gasteiger partial charge in [0.05, 0.1) is 40.6 Å². The van der Waals surface area contributed by atoms with Crippen molar-refractivity contribution in [3.63, 3.8) is 0 Å². The van der Waals surface area contributed by atoms with Crippen LogP contribution in [0.5, 0.6) is 0 Å². The number of sulfone groups is 3. The molecular formula is C67H64O15S3. The maximum Gasteiger partial charge on any atom is 0.182 e. The van der Waals surface area contributed by atoms with Crippen LogP contribution in [0.3, 0.4) is 0 Å². The van der Waals surface area contributed by atoms with E-state index in [0.29, 0.717) is 37.7 Å². The second-order valence-corrected chi connectivity index (χ2v) is 27.8. The number of benzene rings is 6. The molecule has 4 unspecified atom stereocenters. The van der Waals surface area contributed by atoms with Crippen LogP contribution in [0.1, 0.15) is 102 Å². The first-order valence-corrected chi connectivity index (χ1v) is 32.7. The van der Waals surface area contributed by atoms with Crippen molar-refractivity contribution in [2.45, 2.75) is 87.0 Å². The van der Waals surface area contributed by atoms with E-state index in [-0.39, 0.29) is 125 Å². The SMILES string of the molecule is O=C1C/C(=C/c2ccccc2)S(=O)(=O)C1.O=C1CC(=O)/C(=C\c2ccccc2)C1.O=C1CC(=O)C(Cc2ccccc2)C1.O=C1CC(=O)C(c2ccccc2)C1.O=C1CC(Cc2ccccc2)S(=O)(=O)C1.O=C1CC(c2ccccc2)S(=O)(=O)C1. The normalized spacial score (nSPS) is 22.5. The predicted octanol–water partition coefficient (Wildman–Crippen LogP) is 9.00. The largest absolute Gasteiger partial charge is 0.299 e. The van der Waals surface area contributed by atoms with Crippen LogP contribution in [0.15, 0.2) is 192 Å². The third-order valence-corrected chi connectivity index (χ3v) is 20.4. The van der Waals surface area contributed by atoms with Crippen LogP contribution in [0.2, 0.25) is 0 Å². The first-order valence-electron chi connectivity index (χ1n) is 27.6. The van der Waals surface area contributed by atoms with E-state index in [1.807, 2.05) is 158 Å². The number of hydrogen-bond donors (Lipinski definition) is 0. The van der Waals surface area contributed by atoms with Crippen molar-refractivity contribution >= 4 is 93.7 Å². The molecule has 6 aromatic carbocycles. The average molecular weight is 1210 g/mol. The van der Waals surface area contributed by atoms with Gasteiger partial charge in [0.2, 0.25) is 0 Å². The highest BCUT2D eigenvalue weighted by atomic mass is 32.2. The van der Waals surface area contributed by atoms with E-state index >= 15 is 0 Å². The standard InChI is InChI=1S/C12H12O2.C12H10O2.C11H12O3S.C11H10O3S.C11H10O2.C10H10O3S/c2*13-11-7-10(12(14)8-11)6-9-4-2-1-3-5-9;2*12-10-7-11(15(13,14)8-10)6-9-4-2-1-3-5-9;12-9-6-10(11(13)7-9)8-4-2-1-3-5-8;11-9-6-10(14(12,13)7-9)8-4-2-1-3-5-8/h1-5,10H,6-8H2;1-6H,7-8H2;1-5,11H,6-8H2;1-6H,7-8H2;1-5,10H,6-7H2;1-5,10H,6-7H2/b;10-6-;;11-6-;;. The fourth-order valence-corrected chi connectivity index (χ4v) is 15.1. The Labute approximate surface area is 495 Å². The molecular weight excluding hydrogens is 1140 g/mol. The second-order valence-electron chi connectivity index (χ2n) is 21.3. The third kappa shape index (κ3) is 19.6. The van der Waals surface area contributed by atoms with Crippen molar-refractivity contribution in [1.82, 2.24) is 0 Å². The molecule has 4 atom stereocenters. The maximum atomic E-state index is 11.6. The van der Waals surface area contributed by atoms with Crippen LogP contribution in [-0.4, -0.2) is 99.8 Å². The Bertz CT molecular complexity index is 3830. The molecule has 0 aromatic heterocycles. The van der Waals surface area contributed by atoms with Gasteiger partial charge in [-0.05, 0) is 58.4 Å². The maximum absolute atomic E-state index is 11.6. The number of allylic oxidation sites excluding steroid dienone is 2. The first kappa shape index (κ1) is 64.2. The van der Waals surface area contributed by atoms with Gasteiger partial charge in [-0.1, -0.05) is 182 Å². The highest BCUT2D eigenvalue weighted by Gasteiger charge is 2.39. The van der Waals surface area contributed by atoms with Crippen LogP contribution in [0, 0.1) is 5.92 Å². The minimum absolute atomic E-state index is 0.0252. The molecule has 85 heavy (non-hydrogen) atoms. The minimum atomic E-state index is -3.32. The van der Waals surface area contributed by atoms with Crippen LogP contribution >= 0.6 is 0 Å². The summed E-state index contributed by atoms with van der Waals surface area (Å²) < 4.78 is 69.2. The van der Waals surface area contributed by atoms with E-state index in [9.17, 15) is 68.4 Å². The van der Waals surface area contributed by atoms with Crippen molar-refractivity contribution < 1.29 is 68.4 Å². The lowest BCUT2D eigenvalue weighted by molar-refractivity contribution is -0.124. The number of ketones is 9. The van der Waals surface area contributed by atoms with Gasteiger partial charge in [0.25, 0.3) is 0 Å². The van der Waals surface area contributed by atoms with Crippen molar-refractivity contribution in [3.8, 4) is 0 Å². The van der Waals surface area contributed by atoms with Crippen molar-refractivity contribution in [2.75, 3.05) is 17.3 Å². The van der Waals surface area contributed by atoms with Crippen molar-refractivity contribution in [3.05, 3.63) is 226 Å². The monoisotopic (exact) mass is 1200 g/mol. The van der Waals surface area contributed by atoms with E-state index in [4.69, 9.17) is 0 Å². The molecule has 15 nitrogen and oxygen atoms in total. The number of rotatable bonds is 8. The highest BCUT2D eigenvalue weighted by molar-refractivity contribution is 7.96. The van der Waals surface area contributed by atoms with Gasteiger partial charge in [-0.15, -0.1) is 0 Å². The van der Waals surface area contributed by atoms with Crippen LogP contribution < -0.4 is 0 Å². The zero-order valence-corrected chi connectivity index (χ0v) is 49.0. The third-order valence-electron chi connectivity index (χ3n) is 14.5. The van der Waals surface area contributed by atoms with Gasteiger partial charge in [0, 0.05) is 50.0 Å². The zero-order valence-electron chi connectivity index (χ0n) is 46.5. The Balaban J connectivity index is 0.000000146. The summed E-state index contributed by atoms with van der Waals surface area (Å²) in [7, 11) is -9.75. The Kier molecular flexibility index (Phi) is 22.6. The lowest BCUT2D eigenvalue weighted by Crippen LogP contribution is -2.18. The van der Waals surface area contributed by atoms with Gasteiger partial charge in [0.15, 0.2) is 41.1 Å². The summed E-state index contributed by atoms with van der Waals surface area (Å²) in [5.41, 5.74) is 6.23. The number of carbonyl (C=O) groups excluding carboxylic acids is 9. The van der Waals surface area contributed by atoms with E-state index < -0.39 is 40.0 Å². The van der Waals surface area contributed by atoms with E-state index in [0.717, 1.165) is 33.4 Å². The predicted molar refractivity (Wildman–Crippen MR) is 323 cm³/mol. The van der Waals surface area contributed by atoms with Crippen molar-refractivity contribution in [2.24, 2.45) is 5.92 Å². The Hall–Kier alpha value is -8.32. The quantitative estimate of drug-likeness (QED) is 0.102. The van der Waals surface area contributed by atoms with Gasteiger partial charge >= 0.3 is 0 Å².